The van der Waals surface area contributed by atoms with Gasteiger partial charge in [-0.25, -0.2) is 9.97 Å². The summed E-state index contributed by atoms with van der Waals surface area (Å²) in [6.45, 7) is 3.82. The number of anilines is 1. The largest absolute Gasteiger partial charge is 0.311 e. The van der Waals surface area contributed by atoms with Crippen LogP contribution in [0.1, 0.15) is 25.5 Å². The highest BCUT2D eigenvalue weighted by molar-refractivity contribution is 5.89. The third-order valence-electron chi connectivity index (χ3n) is 1.55. The highest BCUT2D eigenvalue weighted by Crippen LogP contribution is 2.03. The summed E-state index contributed by atoms with van der Waals surface area (Å²) in [4.78, 5) is 19.0. The van der Waals surface area contributed by atoms with E-state index < -0.39 is 0 Å². The summed E-state index contributed by atoms with van der Waals surface area (Å²) in [6, 6.07) is 1.74. The predicted molar refractivity (Wildman–Crippen MR) is 50.3 cm³/mol. The summed E-state index contributed by atoms with van der Waals surface area (Å²) in [7, 11) is 0. The van der Waals surface area contributed by atoms with Crippen molar-refractivity contribution in [3.63, 3.8) is 0 Å². The molecule has 4 nitrogen and oxygen atoms in total. The number of hydrogen-bond donors (Lipinski definition) is 1. The van der Waals surface area contributed by atoms with E-state index in [9.17, 15) is 4.79 Å². The van der Waals surface area contributed by atoms with E-state index in [4.69, 9.17) is 0 Å². The lowest BCUT2D eigenvalue weighted by molar-refractivity contribution is -0.116. The molecule has 1 aromatic heterocycles. The van der Waals surface area contributed by atoms with E-state index in [2.05, 4.69) is 15.3 Å². The fourth-order valence-electron chi connectivity index (χ4n) is 0.955. The molecule has 0 aromatic carbocycles. The second kappa shape index (κ2) is 4.54. The van der Waals surface area contributed by atoms with Gasteiger partial charge in [0.1, 0.15) is 12.1 Å². The monoisotopic (exact) mass is 179 g/mol. The molecule has 1 aromatic rings. The molecule has 0 aliphatic rings. The number of nitrogens with zero attached hydrogens (tertiary/aromatic N) is 2. The lowest BCUT2D eigenvalue weighted by atomic mass is 10.3. The molecular weight excluding hydrogens is 166 g/mol. The molecule has 0 saturated carbocycles. The van der Waals surface area contributed by atoms with E-state index in [0.717, 1.165) is 12.1 Å². The molecule has 1 heterocycles. The van der Waals surface area contributed by atoms with Gasteiger partial charge in [0, 0.05) is 18.2 Å². The Bertz CT molecular complexity index is 299. The Balaban J connectivity index is 2.58. The van der Waals surface area contributed by atoms with Crippen molar-refractivity contribution in [2.24, 2.45) is 0 Å². The molecule has 0 unspecified atom stereocenters. The molecule has 0 aliphatic carbocycles. The van der Waals surface area contributed by atoms with Crippen LogP contribution in [0.15, 0.2) is 12.4 Å². The fraction of sp³-hybridized carbons (Fsp3) is 0.444. The topological polar surface area (TPSA) is 54.9 Å². The second-order valence-electron chi connectivity index (χ2n) is 2.84. The van der Waals surface area contributed by atoms with E-state index >= 15 is 0 Å². The zero-order valence-corrected chi connectivity index (χ0v) is 7.87. The molecule has 1 rings (SSSR count). The maximum Gasteiger partial charge on any atom is 0.225 e. The number of carbonyl (C=O) groups is 1. The Morgan fingerprint density at radius 2 is 2.31 bits per heavy atom. The first-order valence-corrected chi connectivity index (χ1v) is 4.31. The van der Waals surface area contributed by atoms with Crippen molar-refractivity contribution in [3.05, 3.63) is 18.1 Å². The maximum absolute atomic E-state index is 11.2. The molecule has 0 bridgehead atoms. The van der Waals surface area contributed by atoms with Gasteiger partial charge in [0.25, 0.3) is 0 Å². The third kappa shape index (κ3) is 3.19. The highest BCUT2D eigenvalue weighted by Gasteiger charge is 2.01. The molecule has 1 amide bonds. The van der Waals surface area contributed by atoms with E-state index in [1.54, 1.807) is 6.07 Å². The van der Waals surface area contributed by atoms with Gasteiger partial charge in [-0.1, -0.05) is 6.92 Å². The van der Waals surface area contributed by atoms with Crippen molar-refractivity contribution >= 4 is 11.7 Å². The van der Waals surface area contributed by atoms with Gasteiger partial charge in [-0.15, -0.1) is 0 Å². The second-order valence-corrected chi connectivity index (χ2v) is 2.84. The van der Waals surface area contributed by atoms with Gasteiger partial charge >= 0.3 is 0 Å². The van der Waals surface area contributed by atoms with Crippen LogP contribution in [0, 0.1) is 6.92 Å². The van der Waals surface area contributed by atoms with Crippen LogP contribution in [0.25, 0.3) is 0 Å². The molecule has 0 fully saturated rings. The van der Waals surface area contributed by atoms with Crippen molar-refractivity contribution in [2.75, 3.05) is 5.32 Å². The van der Waals surface area contributed by atoms with Gasteiger partial charge in [0.2, 0.25) is 5.91 Å². The number of amides is 1. The summed E-state index contributed by atoms with van der Waals surface area (Å²) in [5.74, 6) is 0.576. The van der Waals surface area contributed by atoms with E-state index in [1.807, 2.05) is 13.8 Å². The molecule has 0 atom stereocenters. The summed E-state index contributed by atoms with van der Waals surface area (Å²) in [6.07, 6.45) is 2.82. The van der Waals surface area contributed by atoms with E-state index in [-0.39, 0.29) is 5.91 Å². The first-order valence-electron chi connectivity index (χ1n) is 4.31. The van der Waals surface area contributed by atoms with Gasteiger partial charge in [-0.05, 0) is 13.3 Å². The maximum atomic E-state index is 11.2. The van der Waals surface area contributed by atoms with Crippen molar-refractivity contribution in [2.45, 2.75) is 26.7 Å². The smallest absolute Gasteiger partial charge is 0.225 e. The number of aryl methyl sites for hydroxylation is 1. The van der Waals surface area contributed by atoms with Crippen molar-refractivity contribution in [1.29, 1.82) is 0 Å². The predicted octanol–water partition coefficient (Wildman–Crippen LogP) is 1.52. The first kappa shape index (κ1) is 9.64. The van der Waals surface area contributed by atoms with Crippen molar-refractivity contribution in [3.8, 4) is 0 Å². The lowest BCUT2D eigenvalue weighted by Gasteiger charge is -2.02. The number of nitrogens with one attached hydrogen (secondary N) is 1. The van der Waals surface area contributed by atoms with Crippen LogP contribution < -0.4 is 5.32 Å². The summed E-state index contributed by atoms with van der Waals surface area (Å²) < 4.78 is 0. The summed E-state index contributed by atoms with van der Waals surface area (Å²) in [5.41, 5.74) is 0.849. The Hall–Kier alpha value is -1.45. The average Bonchev–Trinajstić information content (AvgIpc) is 2.04. The SMILES string of the molecule is CCCC(=O)Nc1cc(C)ncn1. The van der Waals surface area contributed by atoms with Crippen LogP contribution in [-0.2, 0) is 4.79 Å². The quantitative estimate of drug-likeness (QED) is 0.765. The van der Waals surface area contributed by atoms with Gasteiger partial charge in [-0.3, -0.25) is 4.79 Å². The molecule has 0 radical (unpaired) electrons. The molecule has 1 N–H and O–H groups in total. The van der Waals surface area contributed by atoms with Crippen molar-refractivity contribution < 1.29 is 4.79 Å². The molecule has 0 aliphatic heterocycles. The number of carbonyl (C=O) groups excluding carboxylic acids is 1. The summed E-state index contributed by atoms with van der Waals surface area (Å²) >= 11 is 0. The molecule has 0 spiro atoms. The summed E-state index contributed by atoms with van der Waals surface area (Å²) in [5, 5.41) is 2.69. The van der Waals surface area contributed by atoms with E-state index in [1.165, 1.54) is 6.33 Å². The zero-order valence-electron chi connectivity index (χ0n) is 7.87. The number of aromatic nitrogens is 2. The third-order valence-corrected chi connectivity index (χ3v) is 1.55. The Morgan fingerprint density at radius 3 is 2.92 bits per heavy atom. The minimum Gasteiger partial charge on any atom is -0.311 e. The average molecular weight is 179 g/mol. The lowest BCUT2D eigenvalue weighted by Crippen LogP contribution is -2.11. The van der Waals surface area contributed by atoms with Gasteiger partial charge in [0.15, 0.2) is 0 Å². The number of hydrogen-bond acceptors (Lipinski definition) is 3. The van der Waals surface area contributed by atoms with Gasteiger partial charge in [0.05, 0.1) is 0 Å². The van der Waals surface area contributed by atoms with E-state index in [0.29, 0.717) is 12.2 Å². The molecular formula is C9H13N3O. The number of rotatable bonds is 3. The van der Waals surface area contributed by atoms with Gasteiger partial charge < -0.3 is 5.32 Å². The first-order chi connectivity index (χ1) is 6.22. The minimum atomic E-state index is 0.000556. The standard InChI is InChI=1S/C9H13N3O/c1-3-4-9(13)12-8-5-7(2)10-6-11-8/h5-6H,3-4H2,1-2H3,(H,10,11,12,13). The fourth-order valence-corrected chi connectivity index (χ4v) is 0.955. The van der Waals surface area contributed by atoms with Crippen LogP contribution in [0.3, 0.4) is 0 Å². The molecule has 13 heavy (non-hydrogen) atoms. The molecule has 70 valence electrons. The van der Waals surface area contributed by atoms with Gasteiger partial charge in [-0.2, -0.15) is 0 Å². The van der Waals surface area contributed by atoms with Crippen LogP contribution in [0.5, 0.6) is 0 Å². The molecule has 4 heteroatoms. The van der Waals surface area contributed by atoms with Crippen LogP contribution in [-0.4, -0.2) is 15.9 Å². The highest BCUT2D eigenvalue weighted by atomic mass is 16.1. The van der Waals surface area contributed by atoms with Crippen LogP contribution in [0.2, 0.25) is 0 Å². The zero-order chi connectivity index (χ0) is 9.68. The molecule has 0 saturated heterocycles. The Labute approximate surface area is 77.4 Å². The minimum absolute atomic E-state index is 0.000556. The van der Waals surface area contributed by atoms with Crippen LogP contribution in [0.4, 0.5) is 5.82 Å². The van der Waals surface area contributed by atoms with Crippen molar-refractivity contribution in [1.82, 2.24) is 9.97 Å². The normalized spacial score (nSPS) is 9.69. The Morgan fingerprint density at radius 1 is 1.54 bits per heavy atom. The Kier molecular flexibility index (Phi) is 3.37. The van der Waals surface area contributed by atoms with Crippen LogP contribution >= 0.6 is 0 Å².